The van der Waals surface area contributed by atoms with Crippen LogP contribution in [0.2, 0.25) is 0 Å². The zero-order chi connectivity index (χ0) is 18.3. The lowest BCUT2D eigenvalue weighted by molar-refractivity contribution is -0.149. The molecular formula is C20H24FNO3. The topological polar surface area (TPSA) is 58.6 Å². The summed E-state index contributed by atoms with van der Waals surface area (Å²) in [5.41, 5.74) is 0.304. The van der Waals surface area contributed by atoms with Gasteiger partial charge in [-0.15, -0.1) is 0 Å². The molecule has 0 atom stereocenters. The fraction of sp³-hybridized carbons (Fsp3) is 0.350. The minimum atomic E-state index is -0.760. The molecule has 0 saturated carbocycles. The van der Waals surface area contributed by atoms with Crippen molar-refractivity contribution >= 4 is 5.97 Å². The first-order chi connectivity index (χ1) is 12.0. The first kappa shape index (κ1) is 18.9. The second kappa shape index (κ2) is 8.62. The second-order valence-corrected chi connectivity index (χ2v) is 6.10. The van der Waals surface area contributed by atoms with Crippen LogP contribution in [0.3, 0.4) is 0 Å². The van der Waals surface area contributed by atoms with Crippen molar-refractivity contribution in [2.45, 2.75) is 33.2 Å². The van der Waals surface area contributed by atoms with Gasteiger partial charge >= 0.3 is 5.97 Å². The summed E-state index contributed by atoms with van der Waals surface area (Å²) in [6.07, 6.45) is 1.18. The van der Waals surface area contributed by atoms with Crippen LogP contribution in [0.4, 0.5) is 4.39 Å². The molecule has 0 aliphatic heterocycles. The lowest BCUT2D eigenvalue weighted by Gasteiger charge is -2.27. The number of aliphatic carboxylic acids is 1. The molecule has 2 N–H and O–H groups in total. The van der Waals surface area contributed by atoms with Gasteiger partial charge in [0.05, 0.1) is 5.41 Å². The molecule has 0 aromatic heterocycles. The molecule has 0 bridgehead atoms. The summed E-state index contributed by atoms with van der Waals surface area (Å²) in [6.45, 7) is 4.81. The molecule has 134 valence electrons. The summed E-state index contributed by atoms with van der Waals surface area (Å²) in [5, 5.41) is 12.7. The van der Waals surface area contributed by atoms with Gasteiger partial charge in [-0.1, -0.05) is 32.0 Å². The fourth-order valence-corrected chi connectivity index (χ4v) is 2.67. The van der Waals surface area contributed by atoms with E-state index in [1.807, 2.05) is 38.1 Å². The molecule has 0 amide bonds. The molecule has 0 radical (unpaired) electrons. The molecule has 0 saturated heterocycles. The van der Waals surface area contributed by atoms with E-state index in [2.05, 4.69) is 5.32 Å². The Morgan fingerprint density at radius 3 is 2.36 bits per heavy atom. The first-order valence-corrected chi connectivity index (χ1v) is 8.45. The van der Waals surface area contributed by atoms with Gasteiger partial charge < -0.3 is 15.2 Å². The van der Waals surface area contributed by atoms with Crippen molar-refractivity contribution in [1.82, 2.24) is 5.32 Å². The first-order valence-electron chi connectivity index (χ1n) is 8.45. The second-order valence-electron chi connectivity index (χ2n) is 6.10. The third-order valence-electron chi connectivity index (χ3n) is 4.55. The lowest BCUT2D eigenvalue weighted by Crippen LogP contribution is -2.39. The Bertz CT molecular complexity index is 696. The third kappa shape index (κ3) is 5.03. The maximum absolute atomic E-state index is 13.2. The molecule has 0 aliphatic carbocycles. The Hall–Kier alpha value is -2.40. The van der Waals surface area contributed by atoms with Gasteiger partial charge in [-0.05, 0) is 42.7 Å². The Labute approximate surface area is 147 Å². The van der Waals surface area contributed by atoms with Crippen LogP contribution >= 0.6 is 0 Å². The predicted molar refractivity (Wildman–Crippen MR) is 95.3 cm³/mol. The minimum Gasteiger partial charge on any atom is -0.481 e. The number of nitrogens with one attached hydrogen (secondary N) is 1. The summed E-state index contributed by atoms with van der Waals surface area (Å²) in [7, 11) is 0. The van der Waals surface area contributed by atoms with Crippen molar-refractivity contribution in [3.8, 4) is 11.5 Å². The molecule has 4 nitrogen and oxygen atoms in total. The Morgan fingerprint density at radius 1 is 1.12 bits per heavy atom. The van der Waals surface area contributed by atoms with Crippen LogP contribution in [0.25, 0.3) is 0 Å². The Morgan fingerprint density at radius 2 is 1.80 bits per heavy atom. The number of carboxylic acid groups (broad SMARTS) is 1. The number of carboxylic acids is 1. The average molecular weight is 345 g/mol. The van der Waals surface area contributed by atoms with E-state index in [0.717, 1.165) is 5.56 Å². The average Bonchev–Trinajstić information content (AvgIpc) is 2.60. The summed E-state index contributed by atoms with van der Waals surface area (Å²) in [4.78, 5) is 11.5. The van der Waals surface area contributed by atoms with Gasteiger partial charge in [0.15, 0.2) is 0 Å². The number of benzene rings is 2. The van der Waals surface area contributed by atoms with Crippen molar-refractivity contribution in [1.29, 1.82) is 0 Å². The summed E-state index contributed by atoms with van der Waals surface area (Å²) in [6, 6.07) is 13.4. The summed E-state index contributed by atoms with van der Waals surface area (Å²) >= 11 is 0. The zero-order valence-corrected chi connectivity index (χ0v) is 14.6. The molecule has 2 aromatic carbocycles. The lowest BCUT2D eigenvalue weighted by atomic mass is 9.82. The molecule has 0 fully saturated rings. The molecule has 2 rings (SSSR count). The number of ether oxygens (including phenoxy) is 1. The number of halogens is 1. The van der Waals surface area contributed by atoms with Gasteiger partial charge in [0.25, 0.3) is 0 Å². The maximum Gasteiger partial charge on any atom is 0.310 e. The van der Waals surface area contributed by atoms with Gasteiger partial charge in [0, 0.05) is 19.2 Å². The molecule has 0 heterocycles. The monoisotopic (exact) mass is 345 g/mol. The number of hydrogen-bond acceptors (Lipinski definition) is 3. The summed E-state index contributed by atoms with van der Waals surface area (Å²) in [5.74, 6) is -0.0321. The highest BCUT2D eigenvalue weighted by Gasteiger charge is 2.34. The Balaban J connectivity index is 1.91. The van der Waals surface area contributed by atoms with Gasteiger partial charge in [-0.25, -0.2) is 4.39 Å². The van der Waals surface area contributed by atoms with Gasteiger partial charge in [0.1, 0.15) is 17.3 Å². The molecular weight excluding hydrogens is 321 g/mol. The minimum absolute atomic E-state index is 0.341. The van der Waals surface area contributed by atoms with Crippen LogP contribution in [0.5, 0.6) is 11.5 Å². The van der Waals surface area contributed by atoms with Crippen LogP contribution in [0.1, 0.15) is 32.3 Å². The summed E-state index contributed by atoms with van der Waals surface area (Å²) < 4.78 is 18.8. The van der Waals surface area contributed by atoms with Crippen molar-refractivity contribution in [2.24, 2.45) is 5.41 Å². The highest BCUT2D eigenvalue weighted by molar-refractivity contribution is 5.74. The molecule has 0 spiro atoms. The number of hydrogen-bond donors (Lipinski definition) is 2. The predicted octanol–water partition coefficient (Wildman–Crippen LogP) is 4.60. The van der Waals surface area contributed by atoms with E-state index in [1.54, 1.807) is 12.1 Å². The molecule has 0 aliphatic rings. The number of carbonyl (C=O) groups is 1. The van der Waals surface area contributed by atoms with Crippen LogP contribution < -0.4 is 10.1 Å². The van der Waals surface area contributed by atoms with Crippen LogP contribution in [0, 0.1) is 11.2 Å². The highest BCUT2D eigenvalue weighted by atomic mass is 19.1. The van der Waals surface area contributed by atoms with E-state index < -0.39 is 11.4 Å². The smallest absolute Gasteiger partial charge is 0.310 e. The van der Waals surface area contributed by atoms with E-state index in [4.69, 9.17) is 4.74 Å². The normalized spacial score (nSPS) is 11.3. The van der Waals surface area contributed by atoms with Crippen molar-refractivity contribution < 1.29 is 19.0 Å². The molecule has 2 aromatic rings. The highest BCUT2D eigenvalue weighted by Crippen LogP contribution is 2.26. The van der Waals surface area contributed by atoms with E-state index in [0.29, 0.717) is 37.4 Å². The quantitative estimate of drug-likeness (QED) is 0.697. The van der Waals surface area contributed by atoms with Gasteiger partial charge in [-0.3, -0.25) is 4.79 Å². The van der Waals surface area contributed by atoms with Crippen LogP contribution in [-0.4, -0.2) is 17.6 Å². The van der Waals surface area contributed by atoms with Gasteiger partial charge in [-0.2, -0.15) is 0 Å². The van der Waals surface area contributed by atoms with E-state index in [9.17, 15) is 14.3 Å². The van der Waals surface area contributed by atoms with Crippen LogP contribution in [-0.2, 0) is 11.3 Å². The maximum atomic E-state index is 13.2. The van der Waals surface area contributed by atoms with Crippen molar-refractivity contribution in [3.05, 3.63) is 59.9 Å². The standard InChI is InChI=1S/C20H24FNO3/c1-3-20(4-2,19(23)24)14-22-13-15-8-10-17(11-9-15)25-18-7-5-6-16(21)12-18/h5-12,22H,3-4,13-14H2,1-2H3,(H,23,24). The van der Waals surface area contributed by atoms with Gasteiger partial charge in [0.2, 0.25) is 0 Å². The zero-order valence-electron chi connectivity index (χ0n) is 14.6. The van der Waals surface area contributed by atoms with Crippen molar-refractivity contribution in [3.63, 3.8) is 0 Å². The largest absolute Gasteiger partial charge is 0.481 e. The molecule has 25 heavy (non-hydrogen) atoms. The Kier molecular flexibility index (Phi) is 6.53. The van der Waals surface area contributed by atoms with Crippen molar-refractivity contribution in [2.75, 3.05) is 6.54 Å². The van der Waals surface area contributed by atoms with E-state index >= 15 is 0 Å². The molecule has 5 heteroatoms. The number of rotatable bonds is 9. The molecule has 0 unspecified atom stereocenters. The van der Waals surface area contributed by atoms with E-state index in [-0.39, 0.29) is 5.82 Å². The fourth-order valence-electron chi connectivity index (χ4n) is 2.67. The third-order valence-corrected chi connectivity index (χ3v) is 4.55. The van der Waals surface area contributed by atoms with E-state index in [1.165, 1.54) is 12.1 Å². The SMILES string of the molecule is CCC(CC)(CNCc1ccc(Oc2cccc(F)c2)cc1)C(=O)O. The van der Waals surface area contributed by atoms with Crippen LogP contribution in [0.15, 0.2) is 48.5 Å².